The molecule has 0 aliphatic rings. The molecule has 0 heterocycles. The van der Waals surface area contributed by atoms with E-state index >= 15 is 0 Å². The third-order valence-electron chi connectivity index (χ3n) is 2.83. The van der Waals surface area contributed by atoms with Crippen LogP contribution < -0.4 is 10.6 Å². The highest BCUT2D eigenvalue weighted by molar-refractivity contribution is 6.30. The number of benzene rings is 2. The Kier molecular flexibility index (Phi) is 5.27. The second kappa shape index (κ2) is 7.17. The van der Waals surface area contributed by atoms with E-state index in [-0.39, 0.29) is 24.6 Å². The van der Waals surface area contributed by atoms with Crippen molar-refractivity contribution in [2.24, 2.45) is 0 Å². The Hall–Kier alpha value is -2.21. The van der Waals surface area contributed by atoms with Gasteiger partial charge in [0.2, 0.25) is 5.91 Å². The average Bonchev–Trinajstić information content (AvgIpc) is 2.49. The number of anilines is 2. The van der Waals surface area contributed by atoms with E-state index < -0.39 is 17.5 Å². The van der Waals surface area contributed by atoms with Gasteiger partial charge < -0.3 is 10.6 Å². The van der Waals surface area contributed by atoms with Crippen LogP contribution in [0.4, 0.5) is 24.5 Å². The van der Waals surface area contributed by atoms with Crippen molar-refractivity contribution in [2.45, 2.75) is 6.42 Å². The molecule has 0 aromatic heterocycles. The summed E-state index contributed by atoms with van der Waals surface area (Å²) in [7, 11) is 0. The van der Waals surface area contributed by atoms with Gasteiger partial charge in [-0.2, -0.15) is 0 Å². The van der Waals surface area contributed by atoms with Gasteiger partial charge in [0.25, 0.3) is 0 Å². The fourth-order valence-electron chi connectivity index (χ4n) is 1.73. The minimum absolute atomic E-state index is 0.0288. The molecular formula is C15H12ClF3N2O. The summed E-state index contributed by atoms with van der Waals surface area (Å²) in [4.78, 5) is 11.7. The van der Waals surface area contributed by atoms with E-state index in [1.165, 1.54) is 0 Å². The van der Waals surface area contributed by atoms with Gasteiger partial charge in [0.05, 0.1) is 5.69 Å². The summed E-state index contributed by atoms with van der Waals surface area (Å²) in [6, 6.07) is 8.43. The zero-order valence-electron chi connectivity index (χ0n) is 11.3. The highest BCUT2D eigenvalue weighted by Crippen LogP contribution is 2.19. The van der Waals surface area contributed by atoms with E-state index in [1.54, 1.807) is 24.3 Å². The van der Waals surface area contributed by atoms with Crippen LogP contribution in [-0.2, 0) is 4.79 Å². The molecule has 0 spiro atoms. The summed E-state index contributed by atoms with van der Waals surface area (Å²) in [6.07, 6.45) is 0.0288. The lowest BCUT2D eigenvalue weighted by Crippen LogP contribution is -2.16. The molecule has 0 aliphatic carbocycles. The van der Waals surface area contributed by atoms with Crippen molar-refractivity contribution >= 4 is 28.9 Å². The average molecular weight is 329 g/mol. The molecule has 2 aromatic carbocycles. The number of amides is 1. The van der Waals surface area contributed by atoms with Gasteiger partial charge >= 0.3 is 0 Å². The summed E-state index contributed by atoms with van der Waals surface area (Å²) < 4.78 is 39.2. The molecule has 3 nitrogen and oxygen atoms in total. The number of carbonyl (C=O) groups excluding carboxylic acids is 1. The van der Waals surface area contributed by atoms with Crippen molar-refractivity contribution in [1.82, 2.24) is 0 Å². The van der Waals surface area contributed by atoms with E-state index in [1.807, 2.05) is 0 Å². The summed E-state index contributed by atoms with van der Waals surface area (Å²) in [5.41, 5.74) is 0.381. The van der Waals surface area contributed by atoms with Crippen LogP contribution >= 0.6 is 11.6 Å². The van der Waals surface area contributed by atoms with Gasteiger partial charge in [0.1, 0.15) is 0 Å². The van der Waals surface area contributed by atoms with E-state index in [0.717, 1.165) is 12.1 Å². The molecular weight excluding hydrogens is 317 g/mol. The number of hydrogen-bond donors (Lipinski definition) is 2. The molecule has 0 atom stereocenters. The first-order valence-electron chi connectivity index (χ1n) is 6.40. The van der Waals surface area contributed by atoms with E-state index in [0.29, 0.717) is 10.7 Å². The maximum atomic E-state index is 13.4. The predicted octanol–water partition coefficient (Wildman–Crippen LogP) is 4.20. The lowest BCUT2D eigenvalue weighted by Gasteiger charge is -2.09. The summed E-state index contributed by atoms with van der Waals surface area (Å²) >= 11 is 5.72. The van der Waals surface area contributed by atoms with Crippen LogP contribution in [-0.4, -0.2) is 12.5 Å². The molecule has 1 amide bonds. The van der Waals surface area contributed by atoms with E-state index in [4.69, 9.17) is 11.6 Å². The first-order chi connectivity index (χ1) is 10.5. The Morgan fingerprint density at radius 3 is 2.36 bits per heavy atom. The van der Waals surface area contributed by atoms with Gasteiger partial charge in [-0.25, -0.2) is 13.2 Å². The Morgan fingerprint density at radius 2 is 1.68 bits per heavy atom. The summed E-state index contributed by atoms with van der Waals surface area (Å²) in [6.45, 7) is 0.0708. The van der Waals surface area contributed by atoms with Crippen LogP contribution in [0.1, 0.15) is 6.42 Å². The summed E-state index contributed by atoms with van der Waals surface area (Å²) in [5.74, 6) is -4.42. The molecule has 0 radical (unpaired) electrons. The van der Waals surface area contributed by atoms with Crippen molar-refractivity contribution in [3.63, 3.8) is 0 Å². The van der Waals surface area contributed by atoms with Crippen molar-refractivity contribution in [1.29, 1.82) is 0 Å². The van der Waals surface area contributed by atoms with Gasteiger partial charge in [0.15, 0.2) is 17.5 Å². The fraction of sp³-hybridized carbons (Fsp3) is 0.133. The predicted molar refractivity (Wildman–Crippen MR) is 79.5 cm³/mol. The van der Waals surface area contributed by atoms with Gasteiger partial charge in [-0.15, -0.1) is 0 Å². The number of nitrogens with one attached hydrogen (secondary N) is 2. The maximum absolute atomic E-state index is 13.4. The Morgan fingerprint density at radius 1 is 1.00 bits per heavy atom. The first kappa shape index (κ1) is 16.2. The number of hydrogen-bond acceptors (Lipinski definition) is 2. The van der Waals surface area contributed by atoms with Crippen LogP contribution in [0, 0.1) is 17.5 Å². The molecule has 0 aliphatic heterocycles. The van der Waals surface area contributed by atoms with Crippen molar-refractivity contribution in [3.8, 4) is 0 Å². The van der Waals surface area contributed by atoms with Crippen molar-refractivity contribution in [2.75, 3.05) is 17.2 Å². The minimum atomic E-state index is -1.55. The third-order valence-corrected chi connectivity index (χ3v) is 3.08. The Labute approximate surface area is 130 Å². The van der Waals surface area contributed by atoms with Crippen molar-refractivity contribution in [3.05, 3.63) is 58.9 Å². The highest BCUT2D eigenvalue weighted by Gasteiger charge is 2.13. The topological polar surface area (TPSA) is 41.1 Å². The van der Waals surface area contributed by atoms with Gasteiger partial charge in [-0.1, -0.05) is 11.6 Å². The van der Waals surface area contributed by atoms with Crippen LogP contribution in [0.15, 0.2) is 36.4 Å². The van der Waals surface area contributed by atoms with E-state index in [9.17, 15) is 18.0 Å². The van der Waals surface area contributed by atoms with Gasteiger partial charge in [0, 0.05) is 23.7 Å². The van der Waals surface area contributed by atoms with Gasteiger partial charge in [-0.05, 0) is 36.4 Å². The molecule has 0 saturated heterocycles. The highest BCUT2D eigenvalue weighted by atomic mass is 35.5. The number of rotatable bonds is 5. The largest absolute Gasteiger partial charge is 0.382 e. The number of carbonyl (C=O) groups is 1. The third kappa shape index (κ3) is 4.14. The molecule has 0 unspecified atom stereocenters. The van der Waals surface area contributed by atoms with Crippen molar-refractivity contribution < 1.29 is 18.0 Å². The van der Waals surface area contributed by atoms with Crippen LogP contribution in [0.25, 0.3) is 0 Å². The Bertz CT molecular complexity index is 677. The standard InChI is InChI=1S/C15H12ClF3N2O/c16-9-1-3-10(4-2-9)21-13(22)7-8-20-12-6-5-11(17)14(18)15(12)19/h1-6,20H,7-8H2,(H,21,22). The normalized spacial score (nSPS) is 10.4. The molecule has 0 bridgehead atoms. The van der Waals surface area contributed by atoms with Crippen LogP contribution in [0.2, 0.25) is 5.02 Å². The molecule has 2 aromatic rings. The van der Waals surface area contributed by atoms with Crippen LogP contribution in [0.3, 0.4) is 0 Å². The summed E-state index contributed by atoms with van der Waals surface area (Å²) in [5, 5.41) is 5.72. The molecule has 7 heteroatoms. The second-order valence-electron chi connectivity index (χ2n) is 4.45. The molecule has 116 valence electrons. The molecule has 22 heavy (non-hydrogen) atoms. The number of halogens is 4. The molecule has 2 rings (SSSR count). The zero-order chi connectivity index (χ0) is 16.1. The molecule has 0 saturated carbocycles. The SMILES string of the molecule is O=C(CCNc1ccc(F)c(F)c1F)Nc1ccc(Cl)cc1. The smallest absolute Gasteiger partial charge is 0.226 e. The lowest BCUT2D eigenvalue weighted by molar-refractivity contribution is -0.115. The first-order valence-corrected chi connectivity index (χ1v) is 6.78. The monoisotopic (exact) mass is 328 g/mol. The fourth-order valence-corrected chi connectivity index (χ4v) is 1.86. The van der Waals surface area contributed by atoms with E-state index in [2.05, 4.69) is 10.6 Å². The quantitative estimate of drug-likeness (QED) is 0.808. The van der Waals surface area contributed by atoms with Gasteiger partial charge in [-0.3, -0.25) is 4.79 Å². The van der Waals surface area contributed by atoms with Crippen LogP contribution in [0.5, 0.6) is 0 Å². The second-order valence-corrected chi connectivity index (χ2v) is 4.89. The molecule has 2 N–H and O–H groups in total. The Balaban J connectivity index is 1.84. The lowest BCUT2D eigenvalue weighted by atomic mass is 10.2. The maximum Gasteiger partial charge on any atom is 0.226 e. The zero-order valence-corrected chi connectivity index (χ0v) is 12.1. The molecule has 0 fully saturated rings. The minimum Gasteiger partial charge on any atom is -0.382 e.